The Balaban J connectivity index is 1.96. The Labute approximate surface area is 103 Å². The molecule has 84 valence electrons. The molecular formula is C13H13BrO2. The summed E-state index contributed by atoms with van der Waals surface area (Å²) in [5.41, 5.74) is 2.52. The van der Waals surface area contributed by atoms with Crippen molar-refractivity contribution in [2.45, 2.75) is 18.8 Å². The van der Waals surface area contributed by atoms with Crippen LogP contribution in [0.2, 0.25) is 0 Å². The number of hydrogen-bond acceptors (Lipinski definition) is 2. The molecule has 0 bridgehead atoms. The van der Waals surface area contributed by atoms with E-state index in [2.05, 4.69) is 44.9 Å². The van der Waals surface area contributed by atoms with Gasteiger partial charge >= 0.3 is 5.97 Å². The van der Waals surface area contributed by atoms with E-state index in [0.29, 0.717) is 5.92 Å². The van der Waals surface area contributed by atoms with Crippen LogP contribution < -0.4 is 0 Å². The smallest absolute Gasteiger partial charge is 0.330 e. The molecule has 0 saturated heterocycles. The first-order valence-electron chi connectivity index (χ1n) is 5.22. The Morgan fingerprint density at radius 3 is 2.56 bits per heavy atom. The number of halogens is 1. The van der Waals surface area contributed by atoms with Crippen molar-refractivity contribution in [1.29, 1.82) is 0 Å². The molecule has 0 radical (unpaired) electrons. The number of rotatable bonds is 2. The lowest BCUT2D eigenvalue weighted by Gasteiger charge is -2.29. The van der Waals surface area contributed by atoms with Gasteiger partial charge in [-0.3, -0.25) is 0 Å². The Morgan fingerprint density at radius 1 is 1.38 bits per heavy atom. The number of ether oxygens (including phenoxy) is 1. The summed E-state index contributed by atoms with van der Waals surface area (Å²) in [6.07, 6.45) is 3.54. The standard InChI is InChI=1S/C13H13BrO2/c1-16-13(15)8-9-6-11(7-9)10-2-4-12(14)5-3-10/h2-5,8,11H,6-7H2,1H3. The quantitative estimate of drug-likeness (QED) is 0.613. The van der Waals surface area contributed by atoms with Gasteiger partial charge in [0.15, 0.2) is 0 Å². The summed E-state index contributed by atoms with van der Waals surface area (Å²) < 4.78 is 5.69. The summed E-state index contributed by atoms with van der Waals surface area (Å²) in [5.74, 6) is 0.313. The van der Waals surface area contributed by atoms with Crippen LogP contribution in [0.15, 0.2) is 40.4 Å². The van der Waals surface area contributed by atoms with E-state index < -0.39 is 0 Å². The highest BCUT2D eigenvalue weighted by Gasteiger charge is 2.25. The third kappa shape index (κ3) is 2.53. The highest BCUT2D eigenvalue weighted by molar-refractivity contribution is 9.10. The van der Waals surface area contributed by atoms with Gasteiger partial charge in [0.1, 0.15) is 0 Å². The Kier molecular flexibility index (Phi) is 3.44. The van der Waals surface area contributed by atoms with Crippen molar-refractivity contribution in [3.8, 4) is 0 Å². The summed E-state index contributed by atoms with van der Waals surface area (Å²) in [6.45, 7) is 0. The second-order valence-electron chi connectivity index (χ2n) is 3.98. The maximum absolute atomic E-state index is 11.0. The van der Waals surface area contributed by atoms with Gasteiger partial charge in [-0.05, 0) is 36.5 Å². The van der Waals surface area contributed by atoms with Crippen LogP contribution in [-0.2, 0) is 9.53 Å². The van der Waals surface area contributed by atoms with Gasteiger partial charge in [0.05, 0.1) is 7.11 Å². The summed E-state index contributed by atoms with van der Waals surface area (Å²) >= 11 is 3.42. The van der Waals surface area contributed by atoms with Gasteiger partial charge in [0.25, 0.3) is 0 Å². The molecule has 0 aliphatic heterocycles. The maximum Gasteiger partial charge on any atom is 0.330 e. The van der Waals surface area contributed by atoms with E-state index in [1.807, 2.05) is 0 Å². The lowest BCUT2D eigenvalue weighted by molar-refractivity contribution is -0.134. The normalized spacial score (nSPS) is 18.9. The van der Waals surface area contributed by atoms with Crippen LogP contribution in [0.4, 0.5) is 0 Å². The monoisotopic (exact) mass is 280 g/mol. The molecule has 0 atom stereocenters. The maximum atomic E-state index is 11.0. The van der Waals surface area contributed by atoms with Gasteiger partial charge in [-0.15, -0.1) is 0 Å². The van der Waals surface area contributed by atoms with E-state index in [0.717, 1.165) is 17.3 Å². The molecule has 3 heteroatoms. The van der Waals surface area contributed by atoms with Crippen molar-refractivity contribution in [1.82, 2.24) is 0 Å². The van der Waals surface area contributed by atoms with E-state index >= 15 is 0 Å². The van der Waals surface area contributed by atoms with E-state index in [1.54, 1.807) is 6.08 Å². The third-order valence-corrected chi connectivity index (χ3v) is 3.41. The summed E-state index contributed by atoms with van der Waals surface area (Å²) in [4.78, 5) is 11.0. The van der Waals surface area contributed by atoms with Gasteiger partial charge in [-0.2, -0.15) is 0 Å². The molecule has 1 aromatic carbocycles. The molecule has 0 unspecified atom stereocenters. The highest BCUT2D eigenvalue weighted by Crippen LogP contribution is 2.41. The van der Waals surface area contributed by atoms with Crippen LogP contribution in [0.5, 0.6) is 0 Å². The molecule has 1 saturated carbocycles. The molecule has 16 heavy (non-hydrogen) atoms. The largest absolute Gasteiger partial charge is 0.466 e. The lowest BCUT2D eigenvalue weighted by Crippen LogP contribution is -2.14. The second kappa shape index (κ2) is 4.83. The van der Waals surface area contributed by atoms with E-state index in [9.17, 15) is 4.79 Å². The predicted molar refractivity (Wildman–Crippen MR) is 66.2 cm³/mol. The predicted octanol–water partition coefficient (Wildman–Crippen LogP) is 3.43. The van der Waals surface area contributed by atoms with Crippen LogP contribution in [-0.4, -0.2) is 13.1 Å². The summed E-state index contributed by atoms with van der Waals surface area (Å²) in [5, 5.41) is 0. The van der Waals surface area contributed by atoms with E-state index in [1.165, 1.54) is 18.2 Å². The Morgan fingerprint density at radius 2 is 2.00 bits per heavy atom. The first-order valence-corrected chi connectivity index (χ1v) is 6.01. The van der Waals surface area contributed by atoms with Crippen molar-refractivity contribution < 1.29 is 9.53 Å². The van der Waals surface area contributed by atoms with E-state index in [4.69, 9.17) is 0 Å². The minimum Gasteiger partial charge on any atom is -0.466 e. The number of benzene rings is 1. The van der Waals surface area contributed by atoms with Crippen LogP contribution in [0.1, 0.15) is 24.3 Å². The van der Waals surface area contributed by atoms with Gasteiger partial charge in [0, 0.05) is 10.5 Å². The molecule has 0 aromatic heterocycles. The first-order chi connectivity index (χ1) is 7.69. The van der Waals surface area contributed by atoms with Gasteiger partial charge < -0.3 is 4.74 Å². The lowest BCUT2D eigenvalue weighted by atomic mass is 9.75. The van der Waals surface area contributed by atoms with Crippen LogP contribution >= 0.6 is 15.9 Å². The van der Waals surface area contributed by atoms with Crippen molar-refractivity contribution in [3.05, 3.63) is 46.0 Å². The van der Waals surface area contributed by atoms with Crippen molar-refractivity contribution >= 4 is 21.9 Å². The van der Waals surface area contributed by atoms with Crippen molar-refractivity contribution in [2.24, 2.45) is 0 Å². The number of carbonyl (C=O) groups excluding carboxylic acids is 1. The molecule has 0 amide bonds. The fraction of sp³-hybridized carbons (Fsp3) is 0.308. The van der Waals surface area contributed by atoms with E-state index in [-0.39, 0.29) is 5.97 Å². The van der Waals surface area contributed by atoms with Crippen LogP contribution in [0, 0.1) is 0 Å². The summed E-state index contributed by atoms with van der Waals surface area (Å²) in [6, 6.07) is 8.36. The average Bonchev–Trinajstić information content (AvgIpc) is 2.24. The third-order valence-electron chi connectivity index (χ3n) is 2.88. The number of carbonyl (C=O) groups is 1. The van der Waals surface area contributed by atoms with Crippen LogP contribution in [0.25, 0.3) is 0 Å². The fourth-order valence-corrected chi connectivity index (χ4v) is 2.15. The zero-order valence-corrected chi connectivity index (χ0v) is 10.7. The Bertz CT molecular complexity index is 412. The minimum atomic E-state index is -0.246. The first kappa shape index (κ1) is 11.4. The minimum absolute atomic E-state index is 0.246. The topological polar surface area (TPSA) is 26.3 Å². The molecule has 1 aliphatic carbocycles. The highest BCUT2D eigenvalue weighted by atomic mass is 79.9. The molecule has 1 aromatic rings. The average molecular weight is 281 g/mol. The molecule has 1 aliphatic rings. The van der Waals surface area contributed by atoms with Gasteiger partial charge in [-0.25, -0.2) is 4.79 Å². The number of methoxy groups -OCH3 is 1. The summed E-state index contributed by atoms with van der Waals surface area (Å²) in [7, 11) is 1.41. The molecule has 2 nitrogen and oxygen atoms in total. The molecule has 0 N–H and O–H groups in total. The Hall–Kier alpha value is -1.09. The second-order valence-corrected chi connectivity index (χ2v) is 4.90. The van der Waals surface area contributed by atoms with Gasteiger partial charge in [0.2, 0.25) is 0 Å². The van der Waals surface area contributed by atoms with Crippen molar-refractivity contribution in [2.75, 3.05) is 7.11 Å². The number of allylic oxidation sites excluding steroid dienone is 1. The molecule has 1 fully saturated rings. The zero-order valence-electron chi connectivity index (χ0n) is 9.07. The molecule has 0 heterocycles. The zero-order chi connectivity index (χ0) is 11.5. The van der Waals surface area contributed by atoms with Crippen LogP contribution in [0.3, 0.4) is 0 Å². The molecule has 2 rings (SSSR count). The fourth-order valence-electron chi connectivity index (χ4n) is 1.89. The number of esters is 1. The SMILES string of the molecule is COC(=O)C=C1CC(c2ccc(Br)cc2)C1. The van der Waals surface area contributed by atoms with Crippen molar-refractivity contribution in [3.63, 3.8) is 0 Å². The number of hydrogen-bond donors (Lipinski definition) is 0. The van der Waals surface area contributed by atoms with Gasteiger partial charge in [-0.1, -0.05) is 33.6 Å². The molecule has 0 spiro atoms. The molecular weight excluding hydrogens is 268 g/mol.